The van der Waals surface area contributed by atoms with Gasteiger partial charge >= 0.3 is 12.1 Å². The van der Waals surface area contributed by atoms with Crippen LogP contribution < -0.4 is 11.1 Å². The second-order valence-electron chi connectivity index (χ2n) is 14.6. The van der Waals surface area contributed by atoms with Crippen LogP contribution in [0.1, 0.15) is 64.3 Å². The highest BCUT2D eigenvalue weighted by Crippen LogP contribution is 2.41. The van der Waals surface area contributed by atoms with Crippen molar-refractivity contribution in [2.24, 2.45) is 11.1 Å². The maximum atomic E-state index is 15.0. The van der Waals surface area contributed by atoms with Gasteiger partial charge < -0.3 is 30.7 Å². The van der Waals surface area contributed by atoms with E-state index in [-0.39, 0.29) is 43.7 Å². The Labute approximate surface area is 331 Å². The zero-order chi connectivity index (χ0) is 43.5. The second kappa shape index (κ2) is 20.1. The van der Waals surface area contributed by atoms with Crippen molar-refractivity contribution in [3.05, 3.63) is 95.8 Å². The van der Waals surface area contributed by atoms with Crippen LogP contribution in [0.4, 0.5) is 22.0 Å². The number of alkyl halides is 3. The van der Waals surface area contributed by atoms with E-state index in [9.17, 15) is 46.6 Å². The summed E-state index contributed by atoms with van der Waals surface area (Å²) < 4.78 is 62.9. The quantitative estimate of drug-likeness (QED) is 0.119. The summed E-state index contributed by atoms with van der Waals surface area (Å²) in [7, 11) is 0. The van der Waals surface area contributed by atoms with Gasteiger partial charge in [-0.2, -0.15) is 13.2 Å². The molecule has 0 spiro atoms. The highest BCUT2D eigenvalue weighted by atomic mass is 19.4. The number of carbonyl (C=O) groups excluding carboxylic acids is 5. The van der Waals surface area contributed by atoms with Gasteiger partial charge in [0.25, 0.3) is 11.8 Å². The van der Waals surface area contributed by atoms with Crippen LogP contribution in [0.3, 0.4) is 0 Å². The maximum absolute atomic E-state index is 15.0. The molecule has 4 rings (SSSR count). The monoisotopic (exact) mass is 819 g/mol. The number of ketones is 1. The Morgan fingerprint density at radius 2 is 1.55 bits per heavy atom. The van der Waals surface area contributed by atoms with Gasteiger partial charge in [-0.3, -0.25) is 28.9 Å². The van der Waals surface area contributed by atoms with E-state index >= 15 is 4.39 Å². The Morgan fingerprint density at radius 1 is 0.948 bits per heavy atom. The topological polar surface area (TPSA) is 192 Å². The molecule has 0 aliphatic carbocycles. The first-order chi connectivity index (χ1) is 27.0. The Morgan fingerprint density at radius 3 is 2.10 bits per heavy atom. The van der Waals surface area contributed by atoms with Gasteiger partial charge in [-0.1, -0.05) is 51.1 Å². The van der Waals surface area contributed by atoms with E-state index in [1.807, 2.05) is 55.7 Å². The van der Waals surface area contributed by atoms with Gasteiger partial charge in [0, 0.05) is 61.2 Å². The highest BCUT2D eigenvalue weighted by Gasteiger charge is 2.39. The van der Waals surface area contributed by atoms with E-state index < -0.39 is 77.6 Å². The number of nitrogens with two attached hydrogens (primary N) is 1. The predicted octanol–water partition coefficient (Wildman–Crippen LogP) is 4.52. The molecule has 3 atom stereocenters. The molecule has 4 amide bonds. The number of rotatable bonds is 16. The molecule has 0 radical (unpaired) electrons. The van der Waals surface area contributed by atoms with Crippen LogP contribution in [0.2, 0.25) is 0 Å². The minimum atomic E-state index is -5.08. The first-order valence-electron chi connectivity index (χ1n) is 18.1. The number of aliphatic hydroxyl groups is 1. The lowest BCUT2D eigenvalue weighted by molar-refractivity contribution is -0.192. The summed E-state index contributed by atoms with van der Waals surface area (Å²) in [6.45, 7) is 6.78. The maximum Gasteiger partial charge on any atom is 0.490 e. The summed E-state index contributed by atoms with van der Waals surface area (Å²) in [5.41, 5.74) is 7.56. The van der Waals surface area contributed by atoms with Crippen LogP contribution in [0.15, 0.2) is 72.9 Å². The van der Waals surface area contributed by atoms with E-state index in [1.54, 1.807) is 12.3 Å². The number of Topliss-reactive ketones (excluding diaryl/α,β-unsaturated/α-hetero) is 1. The average Bonchev–Trinajstić information content (AvgIpc) is 3.70. The number of amides is 4. The third-order valence-corrected chi connectivity index (χ3v) is 9.04. The Hall–Kier alpha value is -5.75. The van der Waals surface area contributed by atoms with E-state index in [0.717, 1.165) is 28.7 Å². The zero-order valence-electron chi connectivity index (χ0n) is 32.3. The predicted molar refractivity (Wildman–Crippen MR) is 200 cm³/mol. The standard InChI is InChI=1S/C38H45F2N5O6.C2HF3O2/c1-24(32(47)11-8-17-44-33(48)14-15-34(44)49)42-37(51)30(41)16-18-45(35(50)23-46)36(38(2,3)4)31-19-26(28-20-27(39)12-13-29(28)40)22-43(31)21-25-9-6-5-7-10-25;3-2(4,5)1(6)7/h5-7,9-10,12-15,19-20,22,24,30,36,46H,8,11,16-18,21,23,41H2,1-4H3,(H,42,51);(H,6,7)/t24-,30+,36+;/m1./s1. The van der Waals surface area contributed by atoms with Crippen molar-refractivity contribution < 1.29 is 60.9 Å². The number of carboxylic acids is 1. The van der Waals surface area contributed by atoms with Crippen molar-refractivity contribution in [2.45, 2.75) is 77.8 Å². The van der Waals surface area contributed by atoms with Crippen LogP contribution in [0, 0.1) is 17.0 Å². The van der Waals surface area contributed by atoms with Gasteiger partial charge in [-0.15, -0.1) is 0 Å². The Kier molecular flexibility index (Phi) is 16.2. The van der Waals surface area contributed by atoms with Crippen LogP contribution >= 0.6 is 0 Å². The molecule has 1 aliphatic heterocycles. The van der Waals surface area contributed by atoms with E-state index in [2.05, 4.69) is 5.32 Å². The fourth-order valence-corrected chi connectivity index (χ4v) is 6.19. The molecule has 0 saturated heterocycles. The van der Waals surface area contributed by atoms with Crippen LogP contribution in [0.25, 0.3) is 11.1 Å². The van der Waals surface area contributed by atoms with Crippen LogP contribution in [-0.2, 0) is 35.3 Å². The number of halogens is 5. The SMILES string of the molecule is C[C@@H](NC(=O)[C@@H](N)CCN(C(=O)CO)[C@@H](c1cc(-c2cc(F)ccc2F)cn1Cc1ccccc1)C(C)(C)C)C(=O)CCCN1C(=O)C=CC1=O.O=C(O)C(F)(F)F. The lowest BCUT2D eigenvalue weighted by Gasteiger charge is -2.41. The average molecular weight is 820 g/mol. The lowest BCUT2D eigenvalue weighted by atomic mass is 9.82. The molecule has 2 aromatic carbocycles. The Balaban J connectivity index is 0.00000117. The molecule has 0 saturated carbocycles. The molecule has 18 heteroatoms. The summed E-state index contributed by atoms with van der Waals surface area (Å²) in [5, 5.41) is 19.8. The number of carboxylic acid groups (broad SMARTS) is 1. The van der Waals surface area contributed by atoms with E-state index in [1.165, 1.54) is 24.0 Å². The van der Waals surface area contributed by atoms with Crippen LogP contribution in [0.5, 0.6) is 0 Å². The largest absolute Gasteiger partial charge is 0.490 e. The van der Waals surface area contributed by atoms with Crippen molar-refractivity contribution >= 4 is 35.4 Å². The molecular weight excluding hydrogens is 773 g/mol. The van der Waals surface area contributed by atoms with Crippen molar-refractivity contribution in [1.29, 1.82) is 0 Å². The number of hydrogen-bond donors (Lipinski definition) is 4. The number of aliphatic hydroxyl groups excluding tert-OH is 1. The molecular formula is C40H46F5N5O8. The summed E-state index contributed by atoms with van der Waals surface area (Å²) in [6, 6.07) is 11.7. The number of benzene rings is 2. The third kappa shape index (κ3) is 12.9. The lowest BCUT2D eigenvalue weighted by Crippen LogP contribution is -2.50. The van der Waals surface area contributed by atoms with Crippen LogP contribution in [-0.4, -0.2) is 97.9 Å². The molecule has 1 aromatic heterocycles. The Bertz CT molecular complexity index is 1980. The number of imide groups is 1. The smallest absolute Gasteiger partial charge is 0.475 e. The van der Waals surface area contributed by atoms with Gasteiger partial charge in [0.1, 0.15) is 18.2 Å². The molecule has 0 unspecified atom stereocenters. The van der Waals surface area contributed by atoms with Gasteiger partial charge in [-0.25, -0.2) is 13.6 Å². The molecule has 0 bridgehead atoms. The van der Waals surface area contributed by atoms with Crippen molar-refractivity contribution in [3.8, 4) is 11.1 Å². The summed E-state index contributed by atoms with van der Waals surface area (Å²) in [4.78, 5) is 74.1. The van der Waals surface area contributed by atoms with Gasteiger partial charge in [0.2, 0.25) is 11.8 Å². The molecule has 58 heavy (non-hydrogen) atoms. The van der Waals surface area contributed by atoms with Gasteiger partial charge in [0.15, 0.2) is 5.78 Å². The normalized spacial score (nSPS) is 14.4. The van der Waals surface area contributed by atoms with E-state index in [0.29, 0.717) is 17.8 Å². The fraction of sp³-hybridized carbons (Fsp3) is 0.400. The zero-order valence-corrected chi connectivity index (χ0v) is 32.3. The summed E-state index contributed by atoms with van der Waals surface area (Å²) in [5.74, 6) is -6.41. The number of nitrogens with zero attached hydrogens (tertiary/aromatic N) is 3. The van der Waals surface area contributed by atoms with E-state index in [4.69, 9.17) is 15.6 Å². The molecule has 0 fully saturated rings. The third-order valence-electron chi connectivity index (χ3n) is 9.04. The number of carbonyl (C=O) groups is 6. The fourth-order valence-electron chi connectivity index (χ4n) is 6.19. The van der Waals surface area contributed by atoms with Crippen molar-refractivity contribution in [3.63, 3.8) is 0 Å². The molecule has 314 valence electrons. The molecule has 2 heterocycles. The molecule has 13 nitrogen and oxygen atoms in total. The van der Waals surface area contributed by atoms with Crippen molar-refractivity contribution in [2.75, 3.05) is 19.7 Å². The summed E-state index contributed by atoms with van der Waals surface area (Å²) in [6.07, 6.45) is -0.819. The minimum Gasteiger partial charge on any atom is -0.475 e. The number of hydrogen-bond acceptors (Lipinski definition) is 8. The summed E-state index contributed by atoms with van der Waals surface area (Å²) >= 11 is 0. The molecule has 3 aromatic rings. The molecule has 1 aliphatic rings. The van der Waals surface area contributed by atoms with Gasteiger partial charge in [0.05, 0.1) is 18.1 Å². The van der Waals surface area contributed by atoms with Gasteiger partial charge in [-0.05, 0) is 55.0 Å². The first kappa shape index (κ1) is 46.6. The number of aromatic nitrogens is 1. The highest BCUT2D eigenvalue weighted by molar-refractivity contribution is 6.12. The number of aliphatic carboxylic acids is 1. The minimum absolute atomic E-state index is 0.0178. The molecule has 5 N–H and O–H groups in total. The van der Waals surface area contributed by atoms with Crippen molar-refractivity contribution in [1.82, 2.24) is 19.7 Å². The number of nitrogens with one attached hydrogen (secondary N) is 1. The second-order valence-corrected chi connectivity index (χ2v) is 14.6. The first-order valence-corrected chi connectivity index (χ1v) is 18.1.